The van der Waals surface area contributed by atoms with E-state index in [1.54, 1.807) is 0 Å². The molecule has 4 heteroatoms. The zero-order valence-electron chi connectivity index (χ0n) is 25.6. The van der Waals surface area contributed by atoms with Gasteiger partial charge in [-0.2, -0.15) is 0 Å². The lowest BCUT2D eigenvalue weighted by Gasteiger charge is -2.42. The molecule has 0 heterocycles. The Kier molecular flexibility index (Phi) is 9.09. The highest BCUT2D eigenvalue weighted by atomic mass is 16.5. The number of rotatable bonds is 11. The van der Waals surface area contributed by atoms with Gasteiger partial charge in [0.15, 0.2) is 0 Å². The van der Waals surface area contributed by atoms with Crippen LogP contribution < -0.4 is 15.8 Å². The first kappa shape index (κ1) is 29.9. The smallest absolute Gasteiger partial charge is 0.248 e. The molecule has 0 saturated heterocycles. The van der Waals surface area contributed by atoms with Gasteiger partial charge in [-0.15, -0.1) is 0 Å². The third kappa shape index (κ3) is 6.44. The van der Waals surface area contributed by atoms with Gasteiger partial charge in [-0.05, 0) is 101 Å². The summed E-state index contributed by atoms with van der Waals surface area (Å²) in [6, 6.07) is 19.5. The van der Waals surface area contributed by atoms with Gasteiger partial charge in [0.25, 0.3) is 0 Å². The van der Waals surface area contributed by atoms with Crippen molar-refractivity contribution >= 4 is 5.91 Å². The number of primary amides is 1. The average molecular weight is 541 g/mol. The molecule has 4 nitrogen and oxygen atoms in total. The predicted octanol–water partition coefficient (Wildman–Crippen LogP) is 8.19. The molecule has 4 rings (SSSR count). The lowest BCUT2D eigenvalue weighted by atomic mass is 9.63. The maximum atomic E-state index is 11.7. The molecule has 0 spiro atoms. The molecular formula is C36H48N2O2. The van der Waals surface area contributed by atoms with Gasteiger partial charge in [0, 0.05) is 17.2 Å². The van der Waals surface area contributed by atoms with E-state index in [1.807, 2.05) is 24.3 Å². The Balaban J connectivity index is 1.79. The molecule has 3 aromatic carbocycles. The Morgan fingerprint density at radius 1 is 0.900 bits per heavy atom. The van der Waals surface area contributed by atoms with E-state index in [9.17, 15) is 4.79 Å². The topological polar surface area (TPSA) is 64.4 Å². The van der Waals surface area contributed by atoms with Crippen LogP contribution in [0.4, 0.5) is 0 Å². The minimum atomic E-state index is -0.408. The quantitative estimate of drug-likeness (QED) is 0.241. The maximum absolute atomic E-state index is 11.7. The first-order valence-electron chi connectivity index (χ1n) is 15.0. The van der Waals surface area contributed by atoms with E-state index in [1.165, 1.54) is 46.2 Å². The largest absolute Gasteiger partial charge is 0.493 e. The van der Waals surface area contributed by atoms with E-state index < -0.39 is 5.91 Å². The van der Waals surface area contributed by atoms with Crippen LogP contribution in [0.3, 0.4) is 0 Å². The second-order valence-corrected chi connectivity index (χ2v) is 13.0. The number of unbranched alkanes of at least 4 members (excludes halogenated alkanes) is 1. The first-order valence-corrected chi connectivity index (χ1v) is 15.0. The molecule has 0 aromatic heterocycles. The monoisotopic (exact) mass is 540 g/mol. The summed E-state index contributed by atoms with van der Waals surface area (Å²) in [5.41, 5.74) is 15.1. The van der Waals surface area contributed by atoms with Crippen molar-refractivity contribution in [1.29, 1.82) is 0 Å². The Bertz CT molecular complexity index is 1340. The number of nitrogens with two attached hydrogens (primary N) is 1. The third-order valence-corrected chi connectivity index (χ3v) is 8.63. The highest BCUT2D eigenvalue weighted by Crippen LogP contribution is 2.48. The fraction of sp³-hybridized carbons (Fsp3) is 0.472. The maximum Gasteiger partial charge on any atom is 0.248 e. The summed E-state index contributed by atoms with van der Waals surface area (Å²) >= 11 is 0. The molecule has 0 unspecified atom stereocenters. The molecule has 1 aliphatic carbocycles. The number of amides is 1. The van der Waals surface area contributed by atoms with Gasteiger partial charge >= 0.3 is 0 Å². The van der Waals surface area contributed by atoms with E-state index in [4.69, 9.17) is 10.5 Å². The molecule has 0 atom stereocenters. The molecule has 0 bridgehead atoms. The van der Waals surface area contributed by atoms with Crippen LogP contribution in [0, 0.1) is 0 Å². The molecule has 0 radical (unpaired) electrons. The van der Waals surface area contributed by atoms with E-state index in [2.05, 4.69) is 84.1 Å². The SMILES string of the molecule is CCc1c(-c2ccc(C(N)=O)cc2)ccc(OCCCCNC(C)C)c1-c1ccc2c(c1)C(C)(C)CCC2(C)C. The fourth-order valence-corrected chi connectivity index (χ4v) is 6.06. The van der Waals surface area contributed by atoms with Crippen LogP contribution in [0.1, 0.15) is 101 Å². The Hall–Kier alpha value is -3.11. The summed E-state index contributed by atoms with van der Waals surface area (Å²) in [5.74, 6) is 0.536. The van der Waals surface area contributed by atoms with Crippen molar-refractivity contribution in [1.82, 2.24) is 5.32 Å². The van der Waals surface area contributed by atoms with Crippen molar-refractivity contribution in [3.8, 4) is 28.0 Å². The number of fused-ring (bicyclic) bond motifs is 1. The van der Waals surface area contributed by atoms with E-state index >= 15 is 0 Å². The van der Waals surface area contributed by atoms with E-state index in [0.717, 1.165) is 37.1 Å². The summed E-state index contributed by atoms with van der Waals surface area (Å²) in [5, 5.41) is 3.49. The van der Waals surface area contributed by atoms with Crippen LogP contribution in [-0.4, -0.2) is 25.1 Å². The number of ether oxygens (including phenoxy) is 1. The van der Waals surface area contributed by atoms with Crippen LogP contribution in [0.15, 0.2) is 54.6 Å². The number of carbonyl (C=O) groups excluding carboxylic acids is 1. The molecule has 0 saturated carbocycles. The Morgan fingerprint density at radius 3 is 2.17 bits per heavy atom. The van der Waals surface area contributed by atoms with Gasteiger partial charge in [-0.1, -0.05) is 84.9 Å². The van der Waals surface area contributed by atoms with Gasteiger partial charge in [0.2, 0.25) is 5.91 Å². The number of carbonyl (C=O) groups is 1. The van der Waals surface area contributed by atoms with Crippen LogP contribution in [-0.2, 0) is 17.3 Å². The molecular weight excluding hydrogens is 492 g/mol. The van der Waals surface area contributed by atoms with E-state index in [0.29, 0.717) is 18.2 Å². The van der Waals surface area contributed by atoms with Crippen molar-refractivity contribution in [2.24, 2.45) is 5.73 Å². The number of hydrogen-bond acceptors (Lipinski definition) is 3. The summed E-state index contributed by atoms with van der Waals surface area (Å²) in [6.45, 7) is 17.8. The van der Waals surface area contributed by atoms with Crippen molar-refractivity contribution in [2.45, 2.75) is 97.4 Å². The Labute approximate surface area is 241 Å². The predicted molar refractivity (Wildman–Crippen MR) is 168 cm³/mol. The van der Waals surface area contributed by atoms with Crippen molar-refractivity contribution in [3.05, 3.63) is 76.9 Å². The second-order valence-electron chi connectivity index (χ2n) is 13.0. The fourth-order valence-electron chi connectivity index (χ4n) is 6.06. The summed E-state index contributed by atoms with van der Waals surface area (Å²) in [6.07, 6.45) is 5.33. The summed E-state index contributed by atoms with van der Waals surface area (Å²) in [7, 11) is 0. The van der Waals surface area contributed by atoms with Gasteiger partial charge in [0.05, 0.1) is 6.61 Å². The van der Waals surface area contributed by atoms with Gasteiger partial charge < -0.3 is 15.8 Å². The average Bonchev–Trinajstić information content (AvgIpc) is 2.92. The van der Waals surface area contributed by atoms with Crippen molar-refractivity contribution in [3.63, 3.8) is 0 Å². The Morgan fingerprint density at radius 2 is 1.55 bits per heavy atom. The van der Waals surface area contributed by atoms with E-state index in [-0.39, 0.29) is 10.8 Å². The summed E-state index contributed by atoms with van der Waals surface area (Å²) < 4.78 is 6.53. The molecule has 0 aliphatic heterocycles. The van der Waals surface area contributed by atoms with Crippen LogP contribution >= 0.6 is 0 Å². The number of benzene rings is 3. The normalized spacial score (nSPS) is 15.6. The molecule has 0 fully saturated rings. The van der Waals surface area contributed by atoms with Crippen LogP contribution in [0.5, 0.6) is 5.75 Å². The van der Waals surface area contributed by atoms with Gasteiger partial charge in [-0.3, -0.25) is 4.79 Å². The molecule has 3 aromatic rings. The zero-order chi connectivity index (χ0) is 29.1. The van der Waals surface area contributed by atoms with Crippen molar-refractivity contribution in [2.75, 3.05) is 13.2 Å². The zero-order valence-corrected chi connectivity index (χ0v) is 25.6. The minimum absolute atomic E-state index is 0.125. The second kappa shape index (κ2) is 12.2. The standard InChI is InChI=1S/C36H48N2O2/c1-8-28-29(25-11-13-26(14-12-25)34(37)39)16-18-32(40-22-10-9-21-38-24(2)3)33(28)27-15-17-30-31(23-27)36(6,7)20-19-35(30,4)5/h11-18,23-24,38H,8-10,19-22H2,1-7H3,(H2,37,39). The first-order chi connectivity index (χ1) is 18.9. The van der Waals surface area contributed by atoms with Crippen LogP contribution in [0.2, 0.25) is 0 Å². The van der Waals surface area contributed by atoms with Gasteiger partial charge in [0.1, 0.15) is 5.75 Å². The highest BCUT2D eigenvalue weighted by Gasteiger charge is 2.37. The molecule has 40 heavy (non-hydrogen) atoms. The number of hydrogen-bond donors (Lipinski definition) is 2. The lowest BCUT2D eigenvalue weighted by Crippen LogP contribution is -2.33. The minimum Gasteiger partial charge on any atom is -0.493 e. The number of nitrogens with one attached hydrogen (secondary N) is 1. The molecule has 1 amide bonds. The third-order valence-electron chi connectivity index (χ3n) is 8.63. The van der Waals surface area contributed by atoms with Gasteiger partial charge in [-0.25, -0.2) is 0 Å². The van der Waals surface area contributed by atoms with Crippen LogP contribution in [0.25, 0.3) is 22.3 Å². The molecule has 3 N–H and O–H groups in total. The highest BCUT2D eigenvalue weighted by molar-refractivity contribution is 5.93. The van der Waals surface area contributed by atoms with Crippen molar-refractivity contribution < 1.29 is 9.53 Å². The molecule has 214 valence electrons. The summed E-state index contributed by atoms with van der Waals surface area (Å²) in [4.78, 5) is 11.7. The molecule has 1 aliphatic rings. The lowest BCUT2D eigenvalue weighted by molar-refractivity contribution is 0.100.